The van der Waals surface area contributed by atoms with E-state index in [9.17, 15) is 4.39 Å². The van der Waals surface area contributed by atoms with Gasteiger partial charge in [-0.05, 0) is 54.4 Å². The van der Waals surface area contributed by atoms with Crippen molar-refractivity contribution < 1.29 is 9.13 Å². The first-order valence-corrected chi connectivity index (χ1v) is 4.92. The number of hydrogen-bond acceptors (Lipinski definition) is 1. The summed E-state index contributed by atoms with van der Waals surface area (Å²) in [6.45, 7) is 5.64. The molecule has 0 bridgehead atoms. The molecule has 72 valence electrons. The third-order valence-corrected chi connectivity index (χ3v) is 2.08. The molecular weight excluding hydrogens is 235 g/mol. The van der Waals surface area contributed by atoms with E-state index < -0.39 is 0 Å². The lowest BCUT2D eigenvalue weighted by Crippen LogP contribution is -2.07. The van der Waals surface area contributed by atoms with E-state index in [0.29, 0.717) is 10.2 Å². The van der Waals surface area contributed by atoms with Gasteiger partial charge >= 0.3 is 0 Å². The quantitative estimate of drug-likeness (QED) is 0.774. The largest absolute Gasteiger partial charge is 0.488 e. The Bertz CT molecular complexity index is 310. The molecule has 3 heteroatoms. The van der Waals surface area contributed by atoms with Gasteiger partial charge in [0.1, 0.15) is 0 Å². The molecule has 13 heavy (non-hydrogen) atoms. The van der Waals surface area contributed by atoms with Crippen LogP contribution < -0.4 is 4.74 Å². The van der Waals surface area contributed by atoms with Crippen LogP contribution in [0.4, 0.5) is 4.39 Å². The van der Waals surface area contributed by atoms with Crippen LogP contribution in [0.3, 0.4) is 0 Å². The molecule has 0 saturated heterocycles. The smallest absolute Gasteiger partial charge is 0.179 e. The van der Waals surface area contributed by atoms with Gasteiger partial charge in [-0.3, -0.25) is 0 Å². The van der Waals surface area contributed by atoms with Crippen molar-refractivity contribution in [2.75, 3.05) is 0 Å². The van der Waals surface area contributed by atoms with Gasteiger partial charge in [0.25, 0.3) is 0 Å². The van der Waals surface area contributed by atoms with Gasteiger partial charge in [-0.2, -0.15) is 0 Å². The normalized spacial score (nSPS) is 10.6. The Hall–Kier alpha value is -0.570. The van der Waals surface area contributed by atoms with E-state index in [0.717, 1.165) is 5.56 Å². The van der Waals surface area contributed by atoms with Gasteiger partial charge in [0.15, 0.2) is 11.6 Å². The number of ether oxygens (including phenoxy) is 1. The minimum Gasteiger partial charge on any atom is -0.488 e. The van der Waals surface area contributed by atoms with Crippen LogP contribution in [0.5, 0.6) is 5.75 Å². The molecule has 0 aromatic heterocycles. The average Bonchev–Trinajstić information content (AvgIpc) is 1.98. The number of hydrogen-bond donors (Lipinski definition) is 0. The molecule has 0 atom stereocenters. The summed E-state index contributed by atoms with van der Waals surface area (Å²) in [5.74, 6) is -0.0267. The molecule has 0 spiro atoms. The summed E-state index contributed by atoms with van der Waals surface area (Å²) >= 11 is 3.13. The first kappa shape index (κ1) is 10.5. The molecule has 1 aromatic carbocycles. The standard InChI is InChI=1S/C10H12BrFO/c1-6(2)13-9-5-7(3)4-8(11)10(9)12/h4-6H,1-3H3. The Morgan fingerprint density at radius 1 is 1.38 bits per heavy atom. The van der Waals surface area contributed by atoms with Crippen molar-refractivity contribution in [1.29, 1.82) is 0 Å². The van der Waals surface area contributed by atoms with Crippen LogP contribution in [-0.2, 0) is 0 Å². The fourth-order valence-corrected chi connectivity index (χ4v) is 1.59. The van der Waals surface area contributed by atoms with Crippen LogP contribution in [0.15, 0.2) is 16.6 Å². The molecule has 0 saturated carbocycles. The number of aryl methyl sites for hydroxylation is 1. The SMILES string of the molecule is Cc1cc(Br)c(F)c(OC(C)C)c1. The van der Waals surface area contributed by atoms with Gasteiger partial charge in [-0.15, -0.1) is 0 Å². The van der Waals surface area contributed by atoms with Crippen molar-refractivity contribution in [2.45, 2.75) is 26.9 Å². The van der Waals surface area contributed by atoms with Crippen molar-refractivity contribution in [3.8, 4) is 5.75 Å². The summed E-state index contributed by atoms with van der Waals surface area (Å²) in [5.41, 5.74) is 0.976. The maximum Gasteiger partial charge on any atom is 0.179 e. The van der Waals surface area contributed by atoms with E-state index in [-0.39, 0.29) is 11.9 Å². The Labute approximate surface area is 86.0 Å². The summed E-state index contributed by atoms with van der Waals surface area (Å²) in [7, 11) is 0. The third kappa shape index (κ3) is 2.69. The lowest BCUT2D eigenvalue weighted by Gasteiger charge is -2.11. The molecule has 0 aliphatic heterocycles. The summed E-state index contributed by atoms with van der Waals surface area (Å²) in [6.07, 6.45) is -0.0109. The molecule has 1 rings (SSSR count). The molecule has 0 N–H and O–H groups in total. The molecule has 1 aromatic rings. The van der Waals surface area contributed by atoms with E-state index >= 15 is 0 Å². The molecule has 0 fully saturated rings. The maximum absolute atomic E-state index is 13.4. The zero-order valence-corrected chi connectivity index (χ0v) is 9.48. The van der Waals surface area contributed by atoms with E-state index in [1.807, 2.05) is 20.8 Å². The predicted octanol–water partition coefficient (Wildman–Crippen LogP) is 3.68. The van der Waals surface area contributed by atoms with Crippen LogP contribution in [0, 0.1) is 12.7 Å². The minimum absolute atomic E-state index is 0.0109. The molecular formula is C10H12BrFO. The van der Waals surface area contributed by atoms with E-state index in [1.165, 1.54) is 0 Å². The minimum atomic E-state index is -0.334. The maximum atomic E-state index is 13.4. The number of benzene rings is 1. The van der Waals surface area contributed by atoms with Crippen molar-refractivity contribution in [1.82, 2.24) is 0 Å². The van der Waals surface area contributed by atoms with Gasteiger partial charge in [0, 0.05) is 0 Å². The average molecular weight is 247 g/mol. The van der Waals surface area contributed by atoms with Crippen molar-refractivity contribution in [2.24, 2.45) is 0 Å². The number of rotatable bonds is 2. The van der Waals surface area contributed by atoms with E-state index in [2.05, 4.69) is 15.9 Å². The second-order valence-corrected chi connectivity index (χ2v) is 4.08. The van der Waals surface area contributed by atoms with Gasteiger partial charge in [0.05, 0.1) is 10.6 Å². The van der Waals surface area contributed by atoms with Gasteiger partial charge in [-0.1, -0.05) is 0 Å². The van der Waals surface area contributed by atoms with Crippen molar-refractivity contribution >= 4 is 15.9 Å². The molecule has 0 amide bonds. The predicted molar refractivity (Wildman–Crippen MR) is 54.6 cm³/mol. The topological polar surface area (TPSA) is 9.23 Å². The zero-order chi connectivity index (χ0) is 10.0. The summed E-state index contributed by atoms with van der Waals surface area (Å²) < 4.78 is 19.1. The van der Waals surface area contributed by atoms with Crippen LogP contribution >= 0.6 is 15.9 Å². The molecule has 0 unspecified atom stereocenters. The first-order valence-electron chi connectivity index (χ1n) is 4.13. The highest BCUT2D eigenvalue weighted by atomic mass is 79.9. The molecule has 0 radical (unpaired) electrons. The van der Waals surface area contributed by atoms with E-state index in [1.54, 1.807) is 12.1 Å². The van der Waals surface area contributed by atoms with Crippen LogP contribution in [0.1, 0.15) is 19.4 Å². The summed E-state index contributed by atoms with van der Waals surface area (Å²) in [6, 6.07) is 3.42. The Balaban J connectivity index is 3.05. The second-order valence-electron chi connectivity index (χ2n) is 3.23. The Kier molecular flexibility index (Phi) is 3.31. The van der Waals surface area contributed by atoms with Crippen molar-refractivity contribution in [3.63, 3.8) is 0 Å². The third-order valence-electron chi connectivity index (χ3n) is 1.50. The fourth-order valence-electron chi connectivity index (χ4n) is 1.03. The lowest BCUT2D eigenvalue weighted by molar-refractivity contribution is 0.230. The molecule has 0 aliphatic carbocycles. The highest BCUT2D eigenvalue weighted by Gasteiger charge is 2.09. The van der Waals surface area contributed by atoms with Crippen LogP contribution in [0.25, 0.3) is 0 Å². The van der Waals surface area contributed by atoms with Gasteiger partial charge in [-0.25, -0.2) is 4.39 Å². The van der Waals surface area contributed by atoms with Gasteiger partial charge < -0.3 is 4.74 Å². The highest BCUT2D eigenvalue weighted by Crippen LogP contribution is 2.27. The first-order chi connectivity index (χ1) is 6.00. The molecule has 0 aliphatic rings. The lowest BCUT2D eigenvalue weighted by atomic mass is 10.2. The summed E-state index contributed by atoms with van der Waals surface area (Å²) in [5, 5.41) is 0. The molecule has 1 nitrogen and oxygen atoms in total. The summed E-state index contributed by atoms with van der Waals surface area (Å²) in [4.78, 5) is 0. The van der Waals surface area contributed by atoms with Gasteiger partial charge in [0.2, 0.25) is 0 Å². The zero-order valence-electron chi connectivity index (χ0n) is 7.90. The second kappa shape index (κ2) is 4.09. The van der Waals surface area contributed by atoms with Crippen LogP contribution in [-0.4, -0.2) is 6.10 Å². The monoisotopic (exact) mass is 246 g/mol. The highest BCUT2D eigenvalue weighted by molar-refractivity contribution is 9.10. The molecule has 0 heterocycles. The Morgan fingerprint density at radius 3 is 2.54 bits per heavy atom. The number of halogens is 2. The Morgan fingerprint density at radius 2 is 2.00 bits per heavy atom. The van der Waals surface area contributed by atoms with Crippen molar-refractivity contribution in [3.05, 3.63) is 28.0 Å². The fraction of sp³-hybridized carbons (Fsp3) is 0.400. The van der Waals surface area contributed by atoms with Crippen LogP contribution in [0.2, 0.25) is 0 Å². The van der Waals surface area contributed by atoms with E-state index in [4.69, 9.17) is 4.74 Å².